The van der Waals surface area contributed by atoms with Crippen LogP contribution >= 0.6 is 15.9 Å². The van der Waals surface area contributed by atoms with Gasteiger partial charge in [-0.2, -0.15) is 5.10 Å². The highest BCUT2D eigenvalue weighted by molar-refractivity contribution is 9.09. The molecule has 3 unspecified atom stereocenters. The van der Waals surface area contributed by atoms with Crippen molar-refractivity contribution in [3.8, 4) is 0 Å². The summed E-state index contributed by atoms with van der Waals surface area (Å²) in [7, 11) is 0. The van der Waals surface area contributed by atoms with Gasteiger partial charge in [0.2, 0.25) is 0 Å². The minimum absolute atomic E-state index is 0.658. The molecule has 0 saturated heterocycles. The highest BCUT2D eigenvalue weighted by Crippen LogP contribution is 2.37. The molecule has 1 fully saturated rings. The summed E-state index contributed by atoms with van der Waals surface area (Å²) < 4.78 is 2.15. The number of benzene rings is 1. The zero-order valence-corrected chi connectivity index (χ0v) is 14.6. The lowest BCUT2D eigenvalue weighted by atomic mass is 9.78. The van der Waals surface area contributed by atoms with Crippen LogP contribution in [0.3, 0.4) is 0 Å². The Morgan fingerprint density at radius 3 is 2.81 bits per heavy atom. The van der Waals surface area contributed by atoms with E-state index >= 15 is 0 Å². The number of fused-ring (bicyclic) bond motifs is 1. The molecule has 2 aromatic rings. The van der Waals surface area contributed by atoms with Gasteiger partial charge >= 0.3 is 0 Å². The van der Waals surface area contributed by atoms with E-state index in [-0.39, 0.29) is 0 Å². The van der Waals surface area contributed by atoms with Gasteiger partial charge in [-0.1, -0.05) is 47.5 Å². The molecule has 1 aromatic heterocycles. The van der Waals surface area contributed by atoms with E-state index in [4.69, 9.17) is 5.10 Å². The molecule has 0 bridgehead atoms. The Morgan fingerprint density at radius 1 is 1.24 bits per heavy atom. The average molecular weight is 349 g/mol. The van der Waals surface area contributed by atoms with E-state index in [0.717, 1.165) is 24.8 Å². The molecule has 2 nitrogen and oxygen atoms in total. The molecule has 1 aromatic carbocycles. The number of aromatic nitrogens is 2. The molecule has 3 atom stereocenters. The van der Waals surface area contributed by atoms with Crippen LogP contribution in [0.4, 0.5) is 0 Å². The van der Waals surface area contributed by atoms with Crippen LogP contribution in [0.25, 0.3) is 10.9 Å². The Labute approximate surface area is 136 Å². The Balaban J connectivity index is 1.87. The highest BCUT2D eigenvalue weighted by Gasteiger charge is 2.29. The molecule has 1 heterocycles. The van der Waals surface area contributed by atoms with E-state index in [0.29, 0.717) is 4.83 Å². The maximum Gasteiger partial charge on any atom is 0.0706 e. The number of hydrogen-bond acceptors (Lipinski definition) is 1. The van der Waals surface area contributed by atoms with Gasteiger partial charge < -0.3 is 0 Å². The maximum absolute atomic E-state index is 4.88. The molecular formula is C18H25BrN2. The maximum atomic E-state index is 4.88. The van der Waals surface area contributed by atoms with Crippen molar-refractivity contribution in [1.29, 1.82) is 0 Å². The summed E-state index contributed by atoms with van der Waals surface area (Å²) in [5.41, 5.74) is 2.57. The molecule has 1 saturated carbocycles. The lowest BCUT2D eigenvalue weighted by molar-refractivity contribution is 0.270. The smallest absolute Gasteiger partial charge is 0.0706 e. The van der Waals surface area contributed by atoms with Crippen molar-refractivity contribution >= 4 is 26.8 Å². The van der Waals surface area contributed by atoms with Gasteiger partial charge in [0.25, 0.3) is 0 Å². The molecule has 0 radical (unpaired) electrons. The van der Waals surface area contributed by atoms with Gasteiger partial charge in [-0.25, -0.2) is 0 Å². The first-order valence-electron chi connectivity index (χ1n) is 8.31. The number of nitrogens with zero attached hydrogens (tertiary/aromatic N) is 2. The van der Waals surface area contributed by atoms with Gasteiger partial charge in [0.05, 0.1) is 11.2 Å². The van der Waals surface area contributed by atoms with Gasteiger partial charge in [-0.15, -0.1) is 0 Å². The normalized spacial score (nSPS) is 26.3. The van der Waals surface area contributed by atoms with Crippen molar-refractivity contribution in [2.24, 2.45) is 11.8 Å². The van der Waals surface area contributed by atoms with E-state index in [1.54, 1.807) is 0 Å². The Kier molecular flexibility index (Phi) is 4.68. The summed E-state index contributed by atoms with van der Waals surface area (Å²) in [6, 6.07) is 8.67. The third-order valence-corrected chi connectivity index (χ3v) is 6.27. The quantitative estimate of drug-likeness (QED) is 0.695. The highest BCUT2D eigenvalue weighted by atomic mass is 79.9. The van der Waals surface area contributed by atoms with Gasteiger partial charge in [0.1, 0.15) is 0 Å². The second-order valence-electron chi connectivity index (χ2n) is 6.35. The van der Waals surface area contributed by atoms with Crippen LogP contribution in [-0.4, -0.2) is 14.6 Å². The predicted octanol–water partition coefficient (Wildman–Crippen LogP) is 5.19. The molecule has 0 N–H and O–H groups in total. The van der Waals surface area contributed by atoms with Crippen LogP contribution in [0.15, 0.2) is 24.3 Å². The topological polar surface area (TPSA) is 17.8 Å². The summed E-state index contributed by atoms with van der Waals surface area (Å²) in [5.74, 6) is 1.63. The van der Waals surface area contributed by atoms with Crippen LogP contribution in [-0.2, 0) is 13.0 Å². The molecular weight excluding hydrogens is 324 g/mol. The van der Waals surface area contributed by atoms with Crippen molar-refractivity contribution < 1.29 is 0 Å². The fraction of sp³-hybridized carbons (Fsp3) is 0.611. The van der Waals surface area contributed by atoms with Crippen LogP contribution in [0, 0.1) is 11.8 Å². The van der Waals surface area contributed by atoms with Crippen molar-refractivity contribution in [2.45, 2.75) is 57.3 Å². The number of rotatable bonds is 4. The summed E-state index contributed by atoms with van der Waals surface area (Å²) in [6.07, 6.45) is 6.47. The lowest BCUT2D eigenvalue weighted by Gasteiger charge is -2.32. The van der Waals surface area contributed by atoms with Crippen LogP contribution < -0.4 is 0 Å². The van der Waals surface area contributed by atoms with Crippen molar-refractivity contribution in [2.75, 3.05) is 0 Å². The fourth-order valence-electron chi connectivity index (χ4n) is 3.74. The third-order valence-electron chi connectivity index (χ3n) is 5.07. The van der Waals surface area contributed by atoms with E-state index in [1.807, 2.05) is 0 Å². The third kappa shape index (κ3) is 3.03. The molecule has 0 aliphatic heterocycles. The van der Waals surface area contributed by atoms with Crippen molar-refractivity contribution in [3.63, 3.8) is 0 Å². The minimum atomic E-state index is 0.658. The standard InChI is InChI=1S/C18H25BrN2/c1-3-13-9-10-16(19)14(11-13)12-17-15-7-5-6-8-18(15)21(4-2)20-17/h5-8,13-14,16H,3-4,9-12H2,1-2H3. The van der Waals surface area contributed by atoms with Crippen molar-refractivity contribution in [3.05, 3.63) is 30.0 Å². The second-order valence-corrected chi connectivity index (χ2v) is 7.52. The first-order chi connectivity index (χ1) is 10.2. The van der Waals surface area contributed by atoms with E-state index in [9.17, 15) is 0 Å². The minimum Gasteiger partial charge on any atom is -0.265 e. The first kappa shape index (κ1) is 15.1. The summed E-state index contributed by atoms with van der Waals surface area (Å²) in [5, 5.41) is 6.23. The monoisotopic (exact) mass is 348 g/mol. The zero-order chi connectivity index (χ0) is 14.8. The first-order valence-corrected chi connectivity index (χ1v) is 9.23. The van der Waals surface area contributed by atoms with E-state index in [2.05, 4.69) is 58.7 Å². The van der Waals surface area contributed by atoms with Crippen LogP contribution in [0.2, 0.25) is 0 Å². The van der Waals surface area contributed by atoms with E-state index in [1.165, 1.54) is 42.3 Å². The Morgan fingerprint density at radius 2 is 2.05 bits per heavy atom. The second kappa shape index (κ2) is 6.51. The summed E-state index contributed by atoms with van der Waals surface area (Å²) in [4.78, 5) is 0.658. The molecule has 1 aliphatic carbocycles. The molecule has 0 amide bonds. The summed E-state index contributed by atoms with van der Waals surface area (Å²) >= 11 is 3.92. The van der Waals surface area contributed by atoms with E-state index < -0.39 is 0 Å². The number of alkyl halides is 1. The van der Waals surface area contributed by atoms with Gasteiger partial charge in [-0.3, -0.25) is 4.68 Å². The molecule has 1 aliphatic rings. The SMILES string of the molecule is CCC1CCC(Br)C(Cc2nn(CC)c3ccccc23)C1. The lowest BCUT2D eigenvalue weighted by Crippen LogP contribution is -2.26. The zero-order valence-electron chi connectivity index (χ0n) is 13.1. The summed E-state index contributed by atoms with van der Waals surface area (Å²) in [6.45, 7) is 5.45. The molecule has 3 heteroatoms. The number of para-hydroxylation sites is 1. The number of halogens is 1. The molecule has 114 valence electrons. The molecule has 21 heavy (non-hydrogen) atoms. The number of hydrogen-bond donors (Lipinski definition) is 0. The Bertz CT molecular complexity index is 604. The van der Waals surface area contributed by atoms with Crippen molar-refractivity contribution in [1.82, 2.24) is 9.78 Å². The molecule has 3 rings (SSSR count). The largest absolute Gasteiger partial charge is 0.265 e. The molecule has 0 spiro atoms. The predicted molar refractivity (Wildman–Crippen MR) is 92.9 cm³/mol. The van der Waals surface area contributed by atoms with Crippen LogP contribution in [0.5, 0.6) is 0 Å². The van der Waals surface area contributed by atoms with Gasteiger partial charge in [0, 0.05) is 16.8 Å². The fourth-order valence-corrected chi connectivity index (χ4v) is 4.41. The Hall–Kier alpha value is -0.830. The average Bonchev–Trinajstić information content (AvgIpc) is 2.88. The van der Waals surface area contributed by atoms with Crippen LogP contribution in [0.1, 0.15) is 45.2 Å². The number of aryl methyl sites for hydroxylation is 1. The van der Waals surface area contributed by atoms with Gasteiger partial charge in [0.15, 0.2) is 0 Å². The van der Waals surface area contributed by atoms with Gasteiger partial charge in [-0.05, 0) is 50.5 Å².